The van der Waals surface area contributed by atoms with E-state index in [0.717, 1.165) is 78.6 Å². The maximum atomic E-state index is 14.3. The third kappa shape index (κ3) is 5.79. The fourth-order valence-electron chi connectivity index (χ4n) is 7.30. The first-order valence-corrected chi connectivity index (χ1v) is 15.8. The second kappa shape index (κ2) is 11.3. The summed E-state index contributed by atoms with van der Waals surface area (Å²) < 4.78 is 23.5. The van der Waals surface area contributed by atoms with Crippen LogP contribution < -0.4 is 9.47 Å². The summed E-state index contributed by atoms with van der Waals surface area (Å²) in [6.07, 6.45) is 7.38. The Morgan fingerprint density at radius 2 is 1.93 bits per heavy atom. The zero-order valence-corrected chi connectivity index (χ0v) is 26.1. The van der Waals surface area contributed by atoms with Crippen LogP contribution in [0, 0.1) is 17.3 Å². The number of aromatic nitrogens is 1. The van der Waals surface area contributed by atoms with Gasteiger partial charge in [-0.1, -0.05) is 33.6 Å². The van der Waals surface area contributed by atoms with Crippen LogP contribution in [0.3, 0.4) is 0 Å². The summed E-state index contributed by atoms with van der Waals surface area (Å²) in [4.78, 5) is 47.2. The van der Waals surface area contributed by atoms with Gasteiger partial charge >= 0.3 is 11.9 Å². The van der Waals surface area contributed by atoms with Crippen molar-refractivity contribution in [3.63, 3.8) is 0 Å². The minimum atomic E-state index is -0.799. The van der Waals surface area contributed by atoms with Gasteiger partial charge in [0.2, 0.25) is 5.91 Å². The number of esters is 2. The molecule has 6 rings (SSSR count). The normalized spacial score (nSPS) is 29.6. The molecule has 1 aromatic carbocycles. The van der Waals surface area contributed by atoms with Crippen LogP contribution in [0.15, 0.2) is 18.2 Å². The van der Waals surface area contributed by atoms with Crippen molar-refractivity contribution < 1.29 is 33.3 Å². The highest BCUT2D eigenvalue weighted by Crippen LogP contribution is 2.47. The first kappa shape index (κ1) is 29.7. The summed E-state index contributed by atoms with van der Waals surface area (Å²) in [5.41, 5.74) is 1.67. The number of fused-ring (bicyclic) bond motifs is 4. The highest BCUT2D eigenvalue weighted by molar-refractivity contribution is 5.90. The molecule has 3 bridgehead atoms. The van der Waals surface area contributed by atoms with Crippen LogP contribution in [0.4, 0.5) is 0 Å². The van der Waals surface area contributed by atoms with E-state index >= 15 is 0 Å². The molecular weight excluding hydrogens is 548 g/mol. The van der Waals surface area contributed by atoms with E-state index in [1.54, 1.807) is 12.0 Å². The van der Waals surface area contributed by atoms with E-state index in [9.17, 15) is 14.4 Å². The van der Waals surface area contributed by atoms with E-state index in [1.807, 2.05) is 39.0 Å². The zero-order chi connectivity index (χ0) is 30.5. The summed E-state index contributed by atoms with van der Waals surface area (Å²) in [5, 5.41) is 1.01. The van der Waals surface area contributed by atoms with Crippen molar-refractivity contribution in [2.75, 3.05) is 20.8 Å². The van der Waals surface area contributed by atoms with E-state index in [2.05, 4.69) is 0 Å². The van der Waals surface area contributed by atoms with Crippen LogP contribution in [0.1, 0.15) is 83.4 Å². The average Bonchev–Trinajstić information content (AvgIpc) is 3.61. The van der Waals surface area contributed by atoms with Gasteiger partial charge in [0.15, 0.2) is 0 Å². The van der Waals surface area contributed by atoms with Gasteiger partial charge in [-0.3, -0.25) is 9.59 Å². The van der Waals surface area contributed by atoms with Gasteiger partial charge in [0, 0.05) is 17.4 Å². The van der Waals surface area contributed by atoms with Crippen LogP contribution in [0.5, 0.6) is 11.5 Å². The van der Waals surface area contributed by atoms with Gasteiger partial charge in [-0.2, -0.15) is 0 Å². The van der Waals surface area contributed by atoms with Gasteiger partial charge in [-0.25, -0.2) is 9.78 Å². The summed E-state index contributed by atoms with van der Waals surface area (Å²) in [6, 6.07) is 5.16. The molecule has 1 aromatic heterocycles. The summed E-state index contributed by atoms with van der Waals surface area (Å²) in [5.74, 6) is 0.238. The van der Waals surface area contributed by atoms with E-state index < -0.39 is 28.9 Å². The zero-order valence-electron chi connectivity index (χ0n) is 26.1. The first-order valence-electron chi connectivity index (χ1n) is 15.8. The van der Waals surface area contributed by atoms with E-state index in [4.69, 9.17) is 23.9 Å². The first-order chi connectivity index (χ1) is 20.5. The van der Waals surface area contributed by atoms with Crippen LogP contribution in [0.2, 0.25) is 0 Å². The molecule has 0 radical (unpaired) electrons. The Hall–Kier alpha value is -3.36. The predicted octanol–water partition coefficient (Wildman–Crippen LogP) is 5.18. The van der Waals surface area contributed by atoms with Gasteiger partial charge in [-0.15, -0.1) is 0 Å². The van der Waals surface area contributed by atoms with Crippen molar-refractivity contribution in [3.05, 3.63) is 29.5 Å². The van der Waals surface area contributed by atoms with Crippen LogP contribution in [-0.4, -0.2) is 66.2 Å². The number of hydrogen-bond donors (Lipinski definition) is 0. The number of amides is 1. The molecule has 1 spiro atoms. The van der Waals surface area contributed by atoms with Crippen molar-refractivity contribution in [1.82, 2.24) is 9.88 Å². The lowest BCUT2D eigenvalue weighted by Crippen LogP contribution is -2.49. The second-order valence-electron chi connectivity index (χ2n) is 14.0. The smallest absolute Gasteiger partial charge is 0.328 e. The van der Waals surface area contributed by atoms with Gasteiger partial charge < -0.3 is 23.8 Å². The minimum absolute atomic E-state index is 0.0193. The molecule has 0 unspecified atom stereocenters. The molecule has 1 amide bonds. The number of methoxy groups -OCH3 is 2. The molecule has 232 valence electrons. The number of hydrogen-bond acceptors (Lipinski definition) is 8. The standard InChI is InChI=1S/C34H44N2O7/c1-33(2,3)24-17-29(37)42-28-15-20(28)9-7-6-8-10-26-30-22(23-16-21(40-4)11-12-25(23)35-26)13-14-34(43-30)18-27(32(39)41-5)36(19-34)31(24)38/h11-12,16,20,24,27-28H,6-10,13-15,17-19H2,1-5H3/t20-,24-,27+,28-,34-/m1/s1. The summed E-state index contributed by atoms with van der Waals surface area (Å²) in [6.45, 7) is 6.11. The Labute approximate surface area is 253 Å². The monoisotopic (exact) mass is 592 g/mol. The van der Waals surface area contributed by atoms with Gasteiger partial charge in [0.05, 0.1) is 44.3 Å². The molecule has 0 N–H and O–H groups in total. The number of rotatable bonds is 2. The highest BCUT2D eigenvalue weighted by atomic mass is 16.6. The van der Waals surface area contributed by atoms with Crippen LogP contribution >= 0.6 is 0 Å². The molecule has 2 fully saturated rings. The maximum absolute atomic E-state index is 14.3. The lowest BCUT2D eigenvalue weighted by Gasteiger charge is -2.38. The number of pyridine rings is 1. The number of carbonyl (C=O) groups excluding carboxylic acids is 3. The molecule has 1 aliphatic carbocycles. The second-order valence-corrected chi connectivity index (χ2v) is 14.0. The van der Waals surface area contributed by atoms with Gasteiger partial charge in [0.1, 0.15) is 29.2 Å². The van der Waals surface area contributed by atoms with Crippen molar-refractivity contribution in [1.29, 1.82) is 0 Å². The Bertz CT molecular complexity index is 1430. The largest absolute Gasteiger partial charge is 0.497 e. The Morgan fingerprint density at radius 1 is 1.12 bits per heavy atom. The van der Waals surface area contributed by atoms with Crippen LogP contribution in [0.25, 0.3) is 10.9 Å². The molecule has 9 heteroatoms. The molecule has 5 atom stereocenters. The topological polar surface area (TPSA) is 104 Å². The molecular formula is C34H44N2O7. The Kier molecular flexibility index (Phi) is 7.80. The van der Waals surface area contributed by atoms with Gasteiger partial charge in [-0.05, 0) is 68.1 Å². The molecule has 4 heterocycles. The molecule has 2 aromatic rings. The quantitative estimate of drug-likeness (QED) is 0.440. The lowest BCUT2D eigenvalue weighted by atomic mass is 9.77. The molecule has 9 nitrogen and oxygen atoms in total. The number of aryl methyl sites for hydroxylation is 2. The van der Waals surface area contributed by atoms with Crippen molar-refractivity contribution in [3.8, 4) is 11.5 Å². The molecule has 3 aliphatic heterocycles. The number of ether oxygens (including phenoxy) is 4. The maximum Gasteiger partial charge on any atom is 0.328 e. The SMILES string of the molecule is COC(=O)[C@@H]1C[C@]23CCc4c(c(nc5ccc(OC)cc45)CCCCC[C@@H]4C[C@H]4OC(=O)C[C@@H](C(C)(C)C)C(=O)N1C2)O3. The van der Waals surface area contributed by atoms with E-state index in [1.165, 1.54) is 7.11 Å². The average molecular weight is 593 g/mol. The predicted molar refractivity (Wildman–Crippen MR) is 160 cm³/mol. The third-order valence-electron chi connectivity index (χ3n) is 9.97. The summed E-state index contributed by atoms with van der Waals surface area (Å²) in [7, 11) is 3.01. The van der Waals surface area contributed by atoms with Crippen LogP contribution in [-0.2, 0) is 36.7 Å². The van der Waals surface area contributed by atoms with Crippen molar-refractivity contribution >= 4 is 28.7 Å². The third-order valence-corrected chi connectivity index (χ3v) is 9.97. The molecule has 43 heavy (non-hydrogen) atoms. The fourth-order valence-corrected chi connectivity index (χ4v) is 7.30. The summed E-state index contributed by atoms with van der Waals surface area (Å²) >= 11 is 0. The van der Waals surface area contributed by atoms with Crippen molar-refractivity contribution in [2.45, 2.75) is 103 Å². The number of benzene rings is 1. The molecule has 1 saturated carbocycles. The van der Waals surface area contributed by atoms with Gasteiger partial charge in [0.25, 0.3) is 0 Å². The number of nitrogens with zero attached hydrogens (tertiary/aromatic N) is 2. The van der Waals surface area contributed by atoms with E-state index in [0.29, 0.717) is 18.8 Å². The molecule has 1 saturated heterocycles. The molecule has 4 aliphatic rings. The highest BCUT2D eigenvalue weighted by Gasteiger charge is 2.54. The Balaban J connectivity index is 1.41. The minimum Gasteiger partial charge on any atom is -0.497 e. The lowest BCUT2D eigenvalue weighted by molar-refractivity contribution is -0.157. The van der Waals surface area contributed by atoms with Crippen molar-refractivity contribution in [2.24, 2.45) is 17.3 Å². The Morgan fingerprint density at radius 3 is 2.67 bits per heavy atom. The fraction of sp³-hybridized carbons (Fsp3) is 0.647. The number of carbonyl (C=O) groups is 3. The van der Waals surface area contributed by atoms with E-state index in [-0.39, 0.29) is 30.9 Å².